The third-order valence-corrected chi connectivity index (χ3v) is 2.00. The Kier molecular flexibility index (Phi) is 6.55. The average molecular weight is 248 g/mol. The highest BCUT2D eigenvalue weighted by Crippen LogP contribution is 2.00. The van der Waals surface area contributed by atoms with Crippen LogP contribution in [0, 0.1) is 11.8 Å². The first-order valence-corrected chi connectivity index (χ1v) is 5.70. The highest BCUT2D eigenvalue weighted by molar-refractivity contribution is 5.88. The molecule has 1 unspecified atom stereocenters. The lowest BCUT2D eigenvalue weighted by Crippen LogP contribution is -2.13. The molecule has 1 aromatic rings. The number of aliphatic hydroxyl groups excluding tert-OH is 1. The zero-order chi connectivity index (χ0) is 13.2. The number of carbonyl (C=O) groups excluding carboxylic acids is 1. The van der Waals surface area contributed by atoms with Crippen LogP contribution in [-0.4, -0.2) is 30.4 Å². The van der Waals surface area contributed by atoms with E-state index >= 15 is 0 Å². The van der Waals surface area contributed by atoms with E-state index in [0.29, 0.717) is 6.61 Å². The van der Waals surface area contributed by atoms with Crippen molar-refractivity contribution in [3.8, 4) is 11.8 Å². The third-order valence-electron chi connectivity index (χ3n) is 2.00. The summed E-state index contributed by atoms with van der Waals surface area (Å²) in [5.41, 5.74) is 1.02. The minimum atomic E-state index is -0.988. The molecule has 4 nitrogen and oxygen atoms in total. The summed E-state index contributed by atoms with van der Waals surface area (Å²) in [5, 5.41) is 9.44. The molecule has 0 amide bonds. The van der Waals surface area contributed by atoms with Gasteiger partial charge in [-0.3, -0.25) is 0 Å². The predicted molar refractivity (Wildman–Crippen MR) is 66.5 cm³/mol. The highest BCUT2D eigenvalue weighted by atomic mass is 16.5. The molecule has 96 valence electrons. The summed E-state index contributed by atoms with van der Waals surface area (Å²) < 4.78 is 9.87. The van der Waals surface area contributed by atoms with Gasteiger partial charge in [0.2, 0.25) is 0 Å². The molecular formula is C14H16O4. The van der Waals surface area contributed by atoms with Gasteiger partial charge in [-0.1, -0.05) is 36.3 Å². The fraction of sp³-hybridized carbons (Fsp3) is 0.357. The lowest BCUT2D eigenvalue weighted by Gasteiger charge is -2.05. The summed E-state index contributed by atoms with van der Waals surface area (Å²) in [6, 6.07) is 9.60. The average Bonchev–Trinajstić information content (AvgIpc) is 2.38. The number of hydrogen-bond donors (Lipinski definition) is 1. The summed E-state index contributed by atoms with van der Waals surface area (Å²) in [7, 11) is 0. The number of esters is 1. The topological polar surface area (TPSA) is 55.8 Å². The van der Waals surface area contributed by atoms with Crippen molar-refractivity contribution < 1.29 is 19.4 Å². The second-order valence-corrected chi connectivity index (χ2v) is 3.51. The van der Waals surface area contributed by atoms with E-state index in [4.69, 9.17) is 4.74 Å². The fourth-order valence-corrected chi connectivity index (χ4v) is 1.21. The number of hydrogen-bond acceptors (Lipinski definition) is 4. The van der Waals surface area contributed by atoms with Crippen molar-refractivity contribution in [2.75, 3.05) is 13.2 Å². The van der Waals surface area contributed by atoms with E-state index in [1.165, 1.54) is 0 Å². The molecule has 0 radical (unpaired) electrons. The van der Waals surface area contributed by atoms with Crippen molar-refractivity contribution in [1.29, 1.82) is 0 Å². The molecule has 0 fully saturated rings. The number of ether oxygens (including phenoxy) is 2. The number of benzene rings is 1. The Hall–Kier alpha value is -1.83. The molecule has 0 spiro atoms. The third kappa shape index (κ3) is 6.04. The largest absolute Gasteiger partial charge is 0.456 e. The maximum absolute atomic E-state index is 10.9. The molecule has 0 saturated heterocycles. The number of rotatable bonds is 5. The zero-order valence-corrected chi connectivity index (χ0v) is 10.3. The normalized spacial score (nSPS) is 11.2. The van der Waals surface area contributed by atoms with Crippen LogP contribution >= 0.6 is 0 Å². The Bertz CT molecular complexity index is 416. The summed E-state index contributed by atoms with van der Waals surface area (Å²) in [6.07, 6.45) is -0.988. The van der Waals surface area contributed by atoms with Gasteiger partial charge in [0.1, 0.15) is 6.10 Å². The molecule has 0 aromatic heterocycles. The predicted octanol–water partition coefficient (Wildman–Crippen LogP) is 1.13. The highest BCUT2D eigenvalue weighted by Gasteiger charge is 2.01. The Morgan fingerprint density at radius 3 is 2.78 bits per heavy atom. The van der Waals surface area contributed by atoms with Gasteiger partial charge in [-0.15, -0.1) is 0 Å². The van der Waals surface area contributed by atoms with E-state index in [9.17, 15) is 9.90 Å². The molecule has 1 N–H and O–H groups in total. The summed E-state index contributed by atoms with van der Waals surface area (Å²) >= 11 is 0. The second-order valence-electron chi connectivity index (χ2n) is 3.51. The van der Waals surface area contributed by atoms with Crippen LogP contribution in [0.25, 0.3) is 0 Å². The molecule has 1 aromatic carbocycles. The molecule has 0 bridgehead atoms. The zero-order valence-electron chi connectivity index (χ0n) is 10.3. The van der Waals surface area contributed by atoms with Crippen LogP contribution < -0.4 is 0 Å². The van der Waals surface area contributed by atoms with Gasteiger partial charge in [0.05, 0.1) is 19.8 Å². The smallest absolute Gasteiger partial charge is 0.384 e. The second kappa shape index (κ2) is 8.29. The van der Waals surface area contributed by atoms with E-state index < -0.39 is 12.1 Å². The van der Waals surface area contributed by atoms with Crippen molar-refractivity contribution in [2.45, 2.75) is 19.6 Å². The maximum atomic E-state index is 10.9. The monoisotopic (exact) mass is 248 g/mol. The molecule has 4 heteroatoms. The fourth-order valence-electron chi connectivity index (χ4n) is 1.21. The first-order chi connectivity index (χ1) is 8.72. The summed E-state index contributed by atoms with van der Waals surface area (Å²) in [6.45, 7) is 2.42. The first kappa shape index (κ1) is 14.2. The Balaban J connectivity index is 2.25. The summed E-state index contributed by atoms with van der Waals surface area (Å²) in [5.74, 6) is 3.91. The van der Waals surface area contributed by atoms with Gasteiger partial charge >= 0.3 is 5.97 Å². The van der Waals surface area contributed by atoms with Crippen LogP contribution in [0.4, 0.5) is 0 Å². The minimum absolute atomic E-state index is 0.0568. The molecular weight excluding hydrogens is 232 g/mol. The number of carbonyl (C=O) groups is 1. The van der Waals surface area contributed by atoms with Gasteiger partial charge in [0.15, 0.2) is 0 Å². The molecule has 0 saturated carbocycles. The molecule has 0 aliphatic carbocycles. The van der Waals surface area contributed by atoms with Crippen LogP contribution in [0.2, 0.25) is 0 Å². The maximum Gasteiger partial charge on any atom is 0.384 e. The van der Waals surface area contributed by atoms with E-state index in [1.54, 1.807) is 6.92 Å². The van der Waals surface area contributed by atoms with Gasteiger partial charge in [0, 0.05) is 5.92 Å². The van der Waals surface area contributed by atoms with Crippen LogP contribution in [0.5, 0.6) is 0 Å². The lowest BCUT2D eigenvalue weighted by molar-refractivity contribution is -0.136. The van der Waals surface area contributed by atoms with Crippen LogP contribution in [0.1, 0.15) is 12.5 Å². The Morgan fingerprint density at radius 2 is 2.11 bits per heavy atom. The minimum Gasteiger partial charge on any atom is -0.456 e. The SMILES string of the molecule is CCOC(=O)C#CC(O)COCc1ccccc1. The Labute approximate surface area is 107 Å². The molecule has 0 aliphatic heterocycles. The van der Waals surface area contributed by atoms with Gasteiger partial charge in [-0.25, -0.2) is 4.79 Å². The van der Waals surface area contributed by atoms with Crippen molar-refractivity contribution in [1.82, 2.24) is 0 Å². The number of aliphatic hydroxyl groups is 1. The molecule has 0 aliphatic rings. The van der Waals surface area contributed by atoms with E-state index in [-0.39, 0.29) is 13.2 Å². The van der Waals surface area contributed by atoms with Gasteiger partial charge < -0.3 is 14.6 Å². The molecule has 1 atom stereocenters. The van der Waals surface area contributed by atoms with Crippen molar-refractivity contribution in [2.24, 2.45) is 0 Å². The van der Waals surface area contributed by atoms with Gasteiger partial charge in [-0.05, 0) is 12.5 Å². The molecule has 1 rings (SSSR count). The van der Waals surface area contributed by atoms with E-state index in [2.05, 4.69) is 16.6 Å². The van der Waals surface area contributed by atoms with E-state index in [0.717, 1.165) is 5.56 Å². The van der Waals surface area contributed by atoms with Crippen LogP contribution in [0.15, 0.2) is 30.3 Å². The summed E-state index contributed by atoms with van der Waals surface area (Å²) in [4.78, 5) is 10.9. The van der Waals surface area contributed by atoms with Crippen molar-refractivity contribution >= 4 is 5.97 Å². The van der Waals surface area contributed by atoms with E-state index in [1.807, 2.05) is 30.3 Å². The van der Waals surface area contributed by atoms with Crippen molar-refractivity contribution in [3.05, 3.63) is 35.9 Å². The van der Waals surface area contributed by atoms with Crippen LogP contribution in [-0.2, 0) is 20.9 Å². The Morgan fingerprint density at radius 1 is 1.39 bits per heavy atom. The lowest BCUT2D eigenvalue weighted by atomic mass is 10.2. The molecule has 0 heterocycles. The van der Waals surface area contributed by atoms with Crippen molar-refractivity contribution in [3.63, 3.8) is 0 Å². The van der Waals surface area contributed by atoms with Crippen LogP contribution in [0.3, 0.4) is 0 Å². The first-order valence-electron chi connectivity index (χ1n) is 5.70. The quantitative estimate of drug-likeness (QED) is 0.482. The van der Waals surface area contributed by atoms with Gasteiger partial charge in [0.25, 0.3) is 0 Å². The standard InChI is InChI=1S/C14H16O4/c1-2-18-14(16)9-8-13(15)11-17-10-12-6-4-3-5-7-12/h3-7,13,15H,2,10-11H2,1H3. The molecule has 18 heavy (non-hydrogen) atoms. The van der Waals surface area contributed by atoms with Gasteiger partial charge in [-0.2, -0.15) is 0 Å².